The van der Waals surface area contributed by atoms with Crippen molar-refractivity contribution in [2.45, 2.75) is 63.6 Å². The Labute approximate surface area is 271 Å². The highest BCUT2D eigenvalue weighted by molar-refractivity contribution is 7.92. The maximum atomic E-state index is 14.5. The van der Waals surface area contributed by atoms with Crippen molar-refractivity contribution in [3.05, 3.63) is 131 Å². The number of rotatable bonds is 12. The third kappa shape index (κ3) is 9.19. The monoisotopic (exact) mass is 645 g/mol. The molecule has 0 bridgehead atoms. The number of carbonyl (C=O) groups excluding carboxylic acids is 2. The fourth-order valence-corrected chi connectivity index (χ4v) is 6.50. The Morgan fingerprint density at radius 1 is 0.778 bits per heavy atom. The van der Waals surface area contributed by atoms with Gasteiger partial charge >= 0.3 is 0 Å². The standard InChI is InChI=1S/C36H40ClN3O4S/c1-5-27-18-22-31(23-19-27)40(45(43,44)32-14-10-7-11-15-32)26-34(41)39(25-29-16-20-30(37)21-17-29)33(35(42)38-36(2,3)4)24-28-12-8-6-9-13-28/h6-23,33H,5,24-26H2,1-4H3,(H,38,42)/t33-/m1/s1. The normalized spacial score (nSPS) is 12.3. The predicted octanol–water partition coefficient (Wildman–Crippen LogP) is 6.65. The fourth-order valence-electron chi connectivity index (χ4n) is 4.94. The van der Waals surface area contributed by atoms with Gasteiger partial charge in [0.2, 0.25) is 11.8 Å². The summed E-state index contributed by atoms with van der Waals surface area (Å²) in [5, 5.41) is 3.58. The molecule has 0 aliphatic carbocycles. The summed E-state index contributed by atoms with van der Waals surface area (Å²) >= 11 is 6.15. The smallest absolute Gasteiger partial charge is 0.264 e. The van der Waals surface area contributed by atoms with Gasteiger partial charge in [0.1, 0.15) is 12.6 Å². The van der Waals surface area contributed by atoms with E-state index in [0.29, 0.717) is 10.7 Å². The van der Waals surface area contributed by atoms with Crippen LogP contribution in [0.1, 0.15) is 44.4 Å². The van der Waals surface area contributed by atoms with E-state index >= 15 is 0 Å². The highest BCUT2D eigenvalue weighted by Crippen LogP contribution is 2.26. The molecule has 4 aromatic carbocycles. The van der Waals surface area contributed by atoms with Gasteiger partial charge in [-0.25, -0.2) is 8.42 Å². The Bertz CT molecular complexity index is 1670. The number of nitrogens with one attached hydrogen (secondary N) is 1. The topological polar surface area (TPSA) is 86.8 Å². The second kappa shape index (κ2) is 14.8. The number of halogens is 1. The molecule has 4 aromatic rings. The van der Waals surface area contributed by atoms with Crippen LogP contribution in [0, 0.1) is 0 Å². The van der Waals surface area contributed by atoms with E-state index in [1.807, 2.05) is 70.2 Å². The van der Waals surface area contributed by atoms with Gasteiger partial charge in [-0.05, 0) is 80.3 Å². The molecule has 7 nitrogen and oxygen atoms in total. The molecule has 0 spiro atoms. The van der Waals surface area contributed by atoms with Crippen LogP contribution in [-0.4, -0.2) is 43.3 Å². The average Bonchev–Trinajstić information content (AvgIpc) is 3.02. The number of sulfonamides is 1. The van der Waals surface area contributed by atoms with Crippen LogP contribution in [0.25, 0.3) is 0 Å². The lowest BCUT2D eigenvalue weighted by molar-refractivity contribution is -0.140. The first kappa shape index (κ1) is 33.7. The number of hydrogen-bond acceptors (Lipinski definition) is 4. The van der Waals surface area contributed by atoms with E-state index in [4.69, 9.17) is 11.6 Å². The first-order chi connectivity index (χ1) is 21.4. The lowest BCUT2D eigenvalue weighted by atomic mass is 10.0. The minimum atomic E-state index is -4.15. The highest BCUT2D eigenvalue weighted by atomic mass is 35.5. The second-order valence-corrected chi connectivity index (χ2v) is 14.2. The Morgan fingerprint density at radius 3 is 1.89 bits per heavy atom. The van der Waals surface area contributed by atoms with E-state index in [1.54, 1.807) is 54.6 Å². The largest absolute Gasteiger partial charge is 0.350 e. The van der Waals surface area contributed by atoms with Gasteiger partial charge < -0.3 is 10.2 Å². The van der Waals surface area contributed by atoms with E-state index in [0.717, 1.165) is 27.4 Å². The van der Waals surface area contributed by atoms with Gasteiger partial charge in [0.25, 0.3) is 10.0 Å². The number of carbonyl (C=O) groups is 2. The van der Waals surface area contributed by atoms with E-state index in [1.165, 1.54) is 17.0 Å². The molecule has 0 fully saturated rings. The molecule has 9 heteroatoms. The fraction of sp³-hybridized carbons (Fsp3) is 0.278. The van der Waals surface area contributed by atoms with Crippen molar-refractivity contribution in [1.29, 1.82) is 0 Å². The Morgan fingerprint density at radius 2 is 1.33 bits per heavy atom. The number of hydrogen-bond donors (Lipinski definition) is 1. The van der Waals surface area contributed by atoms with Crippen molar-refractivity contribution in [2.24, 2.45) is 0 Å². The summed E-state index contributed by atoms with van der Waals surface area (Å²) in [4.78, 5) is 30.0. The SMILES string of the molecule is CCc1ccc(N(CC(=O)N(Cc2ccc(Cl)cc2)[C@H](Cc2ccccc2)C(=O)NC(C)(C)C)S(=O)(=O)c2ccccc2)cc1. The van der Waals surface area contributed by atoms with E-state index in [-0.39, 0.29) is 23.8 Å². The molecule has 1 atom stereocenters. The third-order valence-corrected chi connectivity index (χ3v) is 9.32. The minimum Gasteiger partial charge on any atom is -0.350 e. The number of amides is 2. The van der Waals surface area contributed by atoms with Gasteiger partial charge in [0, 0.05) is 23.5 Å². The number of nitrogens with zero attached hydrogens (tertiary/aromatic N) is 2. The van der Waals surface area contributed by atoms with Crippen LogP contribution in [-0.2, 0) is 39.0 Å². The number of aryl methyl sites for hydroxylation is 1. The van der Waals surface area contributed by atoms with E-state index < -0.39 is 34.1 Å². The van der Waals surface area contributed by atoms with Crippen LogP contribution in [0.3, 0.4) is 0 Å². The molecule has 2 amide bonds. The molecule has 0 heterocycles. The van der Waals surface area contributed by atoms with Gasteiger partial charge in [-0.1, -0.05) is 91.3 Å². The summed E-state index contributed by atoms with van der Waals surface area (Å²) in [5.74, 6) is -0.854. The zero-order valence-electron chi connectivity index (χ0n) is 26.1. The molecule has 236 valence electrons. The summed E-state index contributed by atoms with van der Waals surface area (Å²) in [7, 11) is -4.15. The Balaban J connectivity index is 1.81. The predicted molar refractivity (Wildman–Crippen MR) is 181 cm³/mol. The first-order valence-electron chi connectivity index (χ1n) is 14.9. The molecule has 0 aliphatic rings. The van der Waals surface area contributed by atoms with Crippen molar-refractivity contribution >= 4 is 39.1 Å². The average molecular weight is 646 g/mol. The first-order valence-corrected chi connectivity index (χ1v) is 16.8. The Kier molecular flexibility index (Phi) is 11.1. The molecule has 0 radical (unpaired) electrons. The van der Waals surface area contributed by atoms with Gasteiger partial charge in [-0.15, -0.1) is 0 Å². The molecule has 0 saturated heterocycles. The second-order valence-electron chi connectivity index (χ2n) is 11.9. The van der Waals surface area contributed by atoms with Crippen molar-refractivity contribution in [1.82, 2.24) is 10.2 Å². The molecule has 0 unspecified atom stereocenters. The molecule has 4 rings (SSSR count). The van der Waals surface area contributed by atoms with Crippen LogP contribution in [0.5, 0.6) is 0 Å². The van der Waals surface area contributed by atoms with Crippen LogP contribution in [0.4, 0.5) is 5.69 Å². The van der Waals surface area contributed by atoms with Crippen molar-refractivity contribution in [3.63, 3.8) is 0 Å². The lowest BCUT2D eigenvalue weighted by Gasteiger charge is -2.35. The van der Waals surface area contributed by atoms with Crippen LogP contribution < -0.4 is 9.62 Å². The van der Waals surface area contributed by atoms with Crippen molar-refractivity contribution < 1.29 is 18.0 Å². The summed E-state index contributed by atoms with van der Waals surface area (Å²) in [5.41, 5.74) is 2.44. The molecule has 0 aliphatic heterocycles. The summed E-state index contributed by atoms with van der Waals surface area (Å²) in [6.07, 6.45) is 1.02. The third-order valence-electron chi connectivity index (χ3n) is 7.28. The maximum Gasteiger partial charge on any atom is 0.264 e. The number of benzene rings is 4. The molecule has 45 heavy (non-hydrogen) atoms. The minimum absolute atomic E-state index is 0.0629. The zero-order chi connectivity index (χ0) is 32.6. The van der Waals surface area contributed by atoms with Gasteiger partial charge in [-0.3, -0.25) is 13.9 Å². The highest BCUT2D eigenvalue weighted by Gasteiger charge is 2.35. The maximum absolute atomic E-state index is 14.5. The van der Waals surface area contributed by atoms with E-state index in [9.17, 15) is 18.0 Å². The summed E-state index contributed by atoms with van der Waals surface area (Å²) in [6.45, 7) is 7.21. The van der Waals surface area contributed by atoms with Crippen LogP contribution >= 0.6 is 11.6 Å². The zero-order valence-corrected chi connectivity index (χ0v) is 27.7. The summed E-state index contributed by atoms with van der Waals surface area (Å²) < 4.78 is 29.3. The lowest BCUT2D eigenvalue weighted by Crippen LogP contribution is -2.56. The molecule has 1 N–H and O–H groups in total. The van der Waals surface area contributed by atoms with Crippen molar-refractivity contribution in [2.75, 3.05) is 10.8 Å². The molecular weight excluding hydrogens is 606 g/mol. The number of anilines is 1. The van der Waals surface area contributed by atoms with Gasteiger partial charge in [0.05, 0.1) is 10.6 Å². The Hall–Kier alpha value is -4.14. The van der Waals surface area contributed by atoms with Crippen LogP contribution in [0.2, 0.25) is 5.02 Å². The van der Waals surface area contributed by atoms with Gasteiger partial charge in [0.15, 0.2) is 0 Å². The molecule has 0 saturated carbocycles. The molecule has 0 aromatic heterocycles. The van der Waals surface area contributed by atoms with Gasteiger partial charge in [-0.2, -0.15) is 0 Å². The molecular formula is C36H40ClN3O4S. The quantitative estimate of drug-likeness (QED) is 0.187. The van der Waals surface area contributed by atoms with Crippen molar-refractivity contribution in [3.8, 4) is 0 Å². The summed E-state index contributed by atoms with van der Waals surface area (Å²) in [6, 6.07) is 30.8. The van der Waals surface area contributed by atoms with Crippen LogP contribution in [0.15, 0.2) is 114 Å². The van der Waals surface area contributed by atoms with E-state index in [2.05, 4.69) is 5.32 Å².